The summed E-state index contributed by atoms with van der Waals surface area (Å²) >= 11 is 1.55. The third-order valence-corrected chi connectivity index (χ3v) is 4.40. The predicted molar refractivity (Wildman–Crippen MR) is 72.2 cm³/mol. The number of thioether (sulfide) groups is 1. The van der Waals surface area contributed by atoms with Crippen LogP contribution in [-0.2, 0) is 16.1 Å². The van der Waals surface area contributed by atoms with Gasteiger partial charge in [0.15, 0.2) is 0 Å². The number of nitrogens with zero attached hydrogens (tertiary/aromatic N) is 2. The molecule has 1 aliphatic heterocycles. The fraction of sp³-hybridized carbons (Fsp3) is 0.583. The van der Waals surface area contributed by atoms with Crippen LogP contribution in [0.25, 0.3) is 0 Å². The van der Waals surface area contributed by atoms with Crippen molar-refractivity contribution in [2.45, 2.75) is 32.4 Å². The Hall–Kier alpha value is -1.50. The number of carbonyl (C=O) groups is 2. The molecule has 1 aromatic rings. The number of hydrogen-bond donors (Lipinski definition) is 2. The van der Waals surface area contributed by atoms with E-state index in [9.17, 15) is 14.7 Å². The highest BCUT2D eigenvalue weighted by molar-refractivity contribution is 7.99. The van der Waals surface area contributed by atoms with Crippen LogP contribution in [0.4, 0.5) is 0 Å². The number of rotatable bonds is 4. The van der Waals surface area contributed by atoms with Crippen LogP contribution in [0.3, 0.4) is 0 Å². The van der Waals surface area contributed by atoms with Crippen LogP contribution in [0.15, 0.2) is 6.07 Å². The summed E-state index contributed by atoms with van der Waals surface area (Å²) in [4.78, 5) is 23.3. The minimum Gasteiger partial charge on any atom is -0.479 e. The Labute approximate surface area is 115 Å². The Morgan fingerprint density at radius 1 is 1.58 bits per heavy atom. The van der Waals surface area contributed by atoms with Crippen LogP contribution < -0.4 is 5.32 Å². The van der Waals surface area contributed by atoms with Crippen LogP contribution in [0, 0.1) is 13.8 Å². The number of carboxylic acids is 1. The monoisotopic (exact) mass is 283 g/mol. The van der Waals surface area contributed by atoms with E-state index in [0.29, 0.717) is 12.2 Å². The quantitative estimate of drug-likeness (QED) is 0.844. The van der Waals surface area contributed by atoms with Crippen molar-refractivity contribution in [3.8, 4) is 0 Å². The number of aromatic nitrogens is 2. The molecule has 0 spiro atoms. The second-order valence-corrected chi connectivity index (χ2v) is 5.93. The standard InChI is InChI=1S/C12H17N3O3S/c1-8-5-9(2)15(14-8)6-10(16)13-12(11(17)18)3-4-19-7-12/h5H,3-4,6-7H2,1-2H3,(H,13,16)(H,17,18). The molecule has 1 amide bonds. The Kier molecular flexibility index (Phi) is 3.84. The van der Waals surface area contributed by atoms with Crippen molar-refractivity contribution in [2.24, 2.45) is 0 Å². The van der Waals surface area contributed by atoms with E-state index in [2.05, 4.69) is 10.4 Å². The lowest BCUT2D eigenvalue weighted by Crippen LogP contribution is -2.55. The molecule has 1 aliphatic rings. The van der Waals surface area contributed by atoms with Gasteiger partial charge in [0, 0.05) is 11.4 Å². The fourth-order valence-corrected chi connectivity index (χ4v) is 3.49. The van der Waals surface area contributed by atoms with Gasteiger partial charge in [-0.05, 0) is 32.1 Å². The van der Waals surface area contributed by atoms with Crippen molar-refractivity contribution >= 4 is 23.6 Å². The molecule has 2 rings (SSSR count). The molecule has 1 unspecified atom stereocenters. The molecule has 19 heavy (non-hydrogen) atoms. The Bertz CT molecular complexity index is 506. The summed E-state index contributed by atoms with van der Waals surface area (Å²) in [6, 6.07) is 1.88. The SMILES string of the molecule is Cc1cc(C)n(CC(=O)NC2(C(=O)O)CCSC2)n1. The van der Waals surface area contributed by atoms with Gasteiger partial charge in [-0.2, -0.15) is 16.9 Å². The first-order valence-corrected chi connectivity index (χ1v) is 7.22. The Morgan fingerprint density at radius 2 is 2.32 bits per heavy atom. The van der Waals surface area contributed by atoms with E-state index >= 15 is 0 Å². The van der Waals surface area contributed by atoms with E-state index in [1.165, 1.54) is 0 Å². The van der Waals surface area contributed by atoms with Crippen molar-refractivity contribution in [3.05, 3.63) is 17.5 Å². The van der Waals surface area contributed by atoms with E-state index in [1.54, 1.807) is 16.4 Å². The lowest BCUT2D eigenvalue weighted by atomic mass is 9.99. The number of carbonyl (C=O) groups excluding carboxylic acids is 1. The normalized spacial score (nSPS) is 22.4. The fourth-order valence-electron chi connectivity index (χ4n) is 2.16. The molecule has 0 radical (unpaired) electrons. The number of aryl methyl sites for hydroxylation is 2. The summed E-state index contributed by atoms with van der Waals surface area (Å²) < 4.78 is 1.59. The van der Waals surface area contributed by atoms with E-state index in [1.807, 2.05) is 19.9 Å². The zero-order valence-electron chi connectivity index (χ0n) is 11.0. The molecule has 1 aromatic heterocycles. The van der Waals surface area contributed by atoms with E-state index < -0.39 is 11.5 Å². The Balaban J connectivity index is 2.04. The largest absolute Gasteiger partial charge is 0.479 e. The highest BCUT2D eigenvalue weighted by atomic mass is 32.2. The molecule has 6 nitrogen and oxygen atoms in total. The average molecular weight is 283 g/mol. The second-order valence-electron chi connectivity index (χ2n) is 4.82. The minimum atomic E-state index is -1.11. The first kappa shape index (κ1) is 13.9. The van der Waals surface area contributed by atoms with E-state index in [-0.39, 0.29) is 12.5 Å². The van der Waals surface area contributed by atoms with Gasteiger partial charge in [0.1, 0.15) is 12.1 Å². The van der Waals surface area contributed by atoms with Crippen molar-refractivity contribution < 1.29 is 14.7 Å². The van der Waals surface area contributed by atoms with Gasteiger partial charge < -0.3 is 10.4 Å². The zero-order chi connectivity index (χ0) is 14.0. The summed E-state index contributed by atoms with van der Waals surface area (Å²) in [5.74, 6) is -0.0900. The molecule has 0 bridgehead atoms. The molecule has 0 saturated carbocycles. The van der Waals surface area contributed by atoms with Crippen molar-refractivity contribution in [3.63, 3.8) is 0 Å². The lowest BCUT2D eigenvalue weighted by Gasteiger charge is -2.24. The van der Waals surface area contributed by atoms with Gasteiger partial charge in [0.25, 0.3) is 0 Å². The highest BCUT2D eigenvalue weighted by Crippen LogP contribution is 2.28. The van der Waals surface area contributed by atoms with Crippen LogP contribution in [0.2, 0.25) is 0 Å². The van der Waals surface area contributed by atoms with Gasteiger partial charge in [0.2, 0.25) is 5.91 Å². The molecule has 0 aliphatic carbocycles. The highest BCUT2D eigenvalue weighted by Gasteiger charge is 2.43. The number of carboxylic acid groups (broad SMARTS) is 1. The number of nitrogens with one attached hydrogen (secondary N) is 1. The van der Waals surface area contributed by atoms with Gasteiger partial charge >= 0.3 is 5.97 Å². The van der Waals surface area contributed by atoms with Gasteiger partial charge in [-0.25, -0.2) is 4.79 Å². The van der Waals surface area contributed by atoms with Crippen molar-refractivity contribution in [1.82, 2.24) is 15.1 Å². The maximum absolute atomic E-state index is 12.0. The third-order valence-electron chi connectivity index (χ3n) is 3.21. The maximum atomic E-state index is 12.0. The summed E-state index contributed by atoms with van der Waals surface area (Å²) in [7, 11) is 0. The number of aliphatic carboxylic acids is 1. The van der Waals surface area contributed by atoms with Crippen LogP contribution in [0.1, 0.15) is 17.8 Å². The summed E-state index contributed by atoms with van der Waals surface area (Å²) in [5.41, 5.74) is 0.616. The van der Waals surface area contributed by atoms with Gasteiger partial charge in [0.05, 0.1) is 5.69 Å². The molecule has 0 aromatic carbocycles. The molecule has 1 fully saturated rings. The zero-order valence-corrected chi connectivity index (χ0v) is 11.8. The lowest BCUT2D eigenvalue weighted by molar-refractivity contribution is -0.146. The van der Waals surface area contributed by atoms with Crippen molar-refractivity contribution in [2.75, 3.05) is 11.5 Å². The third kappa shape index (κ3) is 2.91. The minimum absolute atomic E-state index is 0.0549. The van der Waals surface area contributed by atoms with Gasteiger partial charge in [-0.3, -0.25) is 9.48 Å². The van der Waals surface area contributed by atoms with Crippen LogP contribution >= 0.6 is 11.8 Å². The molecule has 7 heteroatoms. The first-order chi connectivity index (χ1) is 8.93. The predicted octanol–water partition coefficient (Wildman–Crippen LogP) is 0.576. The van der Waals surface area contributed by atoms with E-state index in [4.69, 9.17) is 0 Å². The molecular weight excluding hydrogens is 266 g/mol. The van der Waals surface area contributed by atoms with Crippen LogP contribution in [0.5, 0.6) is 0 Å². The van der Waals surface area contributed by atoms with Crippen molar-refractivity contribution in [1.29, 1.82) is 0 Å². The smallest absolute Gasteiger partial charge is 0.330 e. The second kappa shape index (κ2) is 5.24. The summed E-state index contributed by atoms with van der Waals surface area (Å²) in [5, 5.41) is 16.1. The molecular formula is C12H17N3O3S. The van der Waals surface area contributed by atoms with Gasteiger partial charge in [-0.1, -0.05) is 0 Å². The average Bonchev–Trinajstić information content (AvgIpc) is 2.88. The molecule has 2 N–H and O–H groups in total. The molecule has 2 heterocycles. The first-order valence-electron chi connectivity index (χ1n) is 6.06. The molecule has 104 valence electrons. The Morgan fingerprint density at radius 3 is 2.79 bits per heavy atom. The van der Waals surface area contributed by atoms with Gasteiger partial charge in [-0.15, -0.1) is 0 Å². The topological polar surface area (TPSA) is 84.2 Å². The molecule has 1 saturated heterocycles. The number of amides is 1. The summed E-state index contributed by atoms with van der Waals surface area (Å²) in [6.07, 6.45) is 0.468. The molecule has 1 atom stereocenters. The summed E-state index contributed by atoms with van der Waals surface area (Å²) in [6.45, 7) is 3.78. The number of hydrogen-bond acceptors (Lipinski definition) is 4. The van der Waals surface area contributed by atoms with E-state index in [0.717, 1.165) is 17.1 Å². The van der Waals surface area contributed by atoms with Crippen LogP contribution in [-0.4, -0.2) is 43.8 Å². The maximum Gasteiger partial charge on any atom is 0.330 e.